The summed E-state index contributed by atoms with van der Waals surface area (Å²) in [6, 6.07) is 22.5. The second kappa shape index (κ2) is 12.4. The molecule has 0 fully saturated rings. The number of esters is 3. The van der Waals surface area contributed by atoms with Crippen molar-refractivity contribution in [1.82, 2.24) is 9.78 Å². The molecular formula is C29H26N2O8. The van der Waals surface area contributed by atoms with Gasteiger partial charge in [0.25, 0.3) is 0 Å². The summed E-state index contributed by atoms with van der Waals surface area (Å²) in [6.45, 7) is 0.479. The molecular weight excluding hydrogens is 504 g/mol. The number of rotatable bonds is 10. The van der Waals surface area contributed by atoms with E-state index in [9.17, 15) is 14.4 Å². The molecule has 10 heteroatoms. The molecule has 0 aliphatic heterocycles. The first-order valence-electron chi connectivity index (χ1n) is 11.9. The fourth-order valence-electron chi connectivity index (χ4n) is 3.82. The zero-order valence-corrected chi connectivity index (χ0v) is 21.6. The van der Waals surface area contributed by atoms with Gasteiger partial charge in [-0.25, -0.2) is 19.1 Å². The van der Waals surface area contributed by atoms with Gasteiger partial charge in [0.05, 0.1) is 32.6 Å². The number of ether oxygens (including phenoxy) is 5. The van der Waals surface area contributed by atoms with Crippen LogP contribution in [0.3, 0.4) is 0 Å². The summed E-state index contributed by atoms with van der Waals surface area (Å²) in [6.07, 6.45) is 0. The zero-order chi connectivity index (χ0) is 27.8. The molecule has 1 heterocycles. The van der Waals surface area contributed by atoms with E-state index in [0.29, 0.717) is 28.3 Å². The lowest BCUT2D eigenvalue weighted by atomic mass is 10.1. The lowest BCUT2D eigenvalue weighted by Crippen LogP contribution is -2.15. The largest absolute Gasteiger partial charge is 0.490 e. The molecule has 4 rings (SSSR count). The summed E-state index contributed by atoms with van der Waals surface area (Å²) in [5.41, 5.74) is 1.74. The maximum atomic E-state index is 12.8. The van der Waals surface area contributed by atoms with Gasteiger partial charge in [-0.05, 0) is 54.6 Å². The molecule has 0 bridgehead atoms. The first kappa shape index (κ1) is 26.9. The number of para-hydroxylation sites is 1. The van der Waals surface area contributed by atoms with Crippen LogP contribution < -0.4 is 9.47 Å². The third kappa shape index (κ3) is 6.07. The van der Waals surface area contributed by atoms with E-state index in [4.69, 9.17) is 23.7 Å². The molecule has 4 aromatic rings. The molecule has 10 nitrogen and oxygen atoms in total. The lowest BCUT2D eigenvalue weighted by Gasteiger charge is -2.10. The number of carbonyl (C=O) groups excluding carboxylic acids is 3. The van der Waals surface area contributed by atoms with Crippen LogP contribution in [0.1, 0.15) is 31.2 Å². The predicted molar refractivity (Wildman–Crippen MR) is 140 cm³/mol. The predicted octanol–water partition coefficient (Wildman–Crippen LogP) is 4.36. The van der Waals surface area contributed by atoms with Gasteiger partial charge < -0.3 is 23.7 Å². The standard InChI is InChI=1S/C29H26N2O8/c1-35-27(32)20-8-7-11-23(18-20)39-17-16-38-22-14-12-19(13-15-22)25-24(28(33)36-2)26(29(34)37-3)31(30-25)21-9-5-4-6-10-21/h4-15,18H,16-17H2,1-3H3. The topological polar surface area (TPSA) is 115 Å². The number of methoxy groups -OCH3 is 3. The zero-order valence-electron chi connectivity index (χ0n) is 21.6. The smallest absolute Gasteiger partial charge is 0.357 e. The van der Waals surface area contributed by atoms with Gasteiger partial charge in [-0.3, -0.25) is 0 Å². The van der Waals surface area contributed by atoms with E-state index < -0.39 is 17.9 Å². The van der Waals surface area contributed by atoms with E-state index in [1.807, 2.05) is 6.07 Å². The number of hydrogen-bond acceptors (Lipinski definition) is 9. The second-order valence-corrected chi connectivity index (χ2v) is 8.04. The molecule has 0 amide bonds. The highest BCUT2D eigenvalue weighted by Gasteiger charge is 2.31. The first-order valence-corrected chi connectivity index (χ1v) is 11.9. The van der Waals surface area contributed by atoms with Crippen LogP contribution in [0.25, 0.3) is 16.9 Å². The molecule has 0 saturated carbocycles. The van der Waals surface area contributed by atoms with Gasteiger partial charge in [-0.2, -0.15) is 5.10 Å². The van der Waals surface area contributed by atoms with Crippen molar-refractivity contribution in [3.8, 4) is 28.4 Å². The number of aromatic nitrogens is 2. The molecule has 0 N–H and O–H groups in total. The highest BCUT2D eigenvalue weighted by Crippen LogP contribution is 2.30. The second-order valence-electron chi connectivity index (χ2n) is 8.04. The maximum Gasteiger partial charge on any atom is 0.357 e. The number of carbonyl (C=O) groups is 3. The SMILES string of the molecule is COC(=O)c1cccc(OCCOc2ccc(-c3nn(-c4ccccc4)c(C(=O)OC)c3C(=O)OC)cc2)c1. The summed E-state index contributed by atoms with van der Waals surface area (Å²) in [5, 5.41) is 4.57. The van der Waals surface area contributed by atoms with Crippen molar-refractivity contribution in [2.45, 2.75) is 0 Å². The monoisotopic (exact) mass is 530 g/mol. The number of hydrogen-bond donors (Lipinski definition) is 0. The summed E-state index contributed by atoms with van der Waals surface area (Å²) >= 11 is 0. The summed E-state index contributed by atoms with van der Waals surface area (Å²) in [4.78, 5) is 37.2. The molecule has 0 atom stereocenters. The Morgan fingerprint density at radius 3 is 1.97 bits per heavy atom. The quantitative estimate of drug-likeness (QED) is 0.168. The Hall–Kier alpha value is -5.12. The molecule has 3 aromatic carbocycles. The summed E-state index contributed by atoms with van der Waals surface area (Å²) in [7, 11) is 3.78. The molecule has 0 aliphatic carbocycles. The minimum absolute atomic E-state index is 0.00976. The van der Waals surface area contributed by atoms with Crippen LogP contribution in [0, 0.1) is 0 Å². The minimum Gasteiger partial charge on any atom is -0.490 e. The van der Waals surface area contributed by atoms with E-state index >= 15 is 0 Å². The van der Waals surface area contributed by atoms with Gasteiger partial charge in [-0.1, -0.05) is 24.3 Å². The van der Waals surface area contributed by atoms with Gasteiger partial charge in [0.1, 0.15) is 36.0 Å². The van der Waals surface area contributed by atoms with Crippen LogP contribution in [-0.2, 0) is 14.2 Å². The molecule has 1 aromatic heterocycles. The van der Waals surface area contributed by atoms with Crippen molar-refractivity contribution in [3.05, 3.63) is 95.7 Å². The van der Waals surface area contributed by atoms with Crippen LogP contribution in [0.5, 0.6) is 11.5 Å². The average molecular weight is 531 g/mol. The Bertz CT molecular complexity index is 1460. The van der Waals surface area contributed by atoms with Crippen molar-refractivity contribution in [1.29, 1.82) is 0 Å². The van der Waals surface area contributed by atoms with E-state index in [0.717, 1.165) is 0 Å². The fraction of sp³-hybridized carbons (Fsp3) is 0.172. The molecule has 200 valence electrons. The van der Waals surface area contributed by atoms with Crippen molar-refractivity contribution in [2.24, 2.45) is 0 Å². The normalized spacial score (nSPS) is 10.4. The maximum absolute atomic E-state index is 12.8. The Kier molecular flexibility index (Phi) is 8.57. The van der Waals surface area contributed by atoms with Gasteiger partial charge in [0, 0.05) is 5.56 Å². The highest BCUT2D eigenvalue weighted by atomic mass is 16.5. The van der Waals surface area contributed by atoms with Gasteiger partial charge in [-0.15, -0.1) is 0 Å². The van der Waals surface area contributed by atoms with E-state index in [2.05, 4.69) is 5.10 Å². The van der Waals surface area contributed by atoms with Crippen LogP contribution in [0.4, 0.5) is 0 Å². The Balaban J connectivity index is 1.52. The molecule has 0 radical (unpaired) electrons. The van der Waals surface area contributed by atoms with E-state index in [-0.39, 0.29) is 30.2 Å². The Morgan fingerprint density at radius 2 is 1.33 bits per heavy atom. The molecule has 39 heavy (non-hydrogen) atoms. The van der Waals surface area contributed by atoms with Crippen molar-refractivity contribution >= 4 is 17.9 Å². The summed E-state index contributed by atoms with van der Waals surface area (Å²) in [5.74, 6) is -0.820. The Morgan fingerprint density at radius 1 is 0.692 bits per heavy atom. The van der Waals surface area contributed by atoms with E-state index in [1.165, 1.54) is 26.0 Å². The highest BCUT2D eigenvalue weighted by molar-refractivity contribution is 6.06. The third-order valence-electron chi connectivity index (χ3n) is 5.66. The lowest BCUT2D eigenvalue weighted by molar-refractivity contribution is 0.0549. The van der Waals surface area contributed by atoms with Crippen LogP contribution in [0.2, 0.25) is 0 Å². The van der Waals surface area contributed by atoms with Crippen LogP contribution in [0.15, 0.2) is 78.9 Å². The van der Waals surface area contributed by atoms with Crippen molar-refractivity contribution < 1.29 is 38.1 Å². The van der Waals surface area contributed by atoms with Crippen LogP contribution >= 0.6 is 0 Å². The number of nitrogens with zero attached hydrogens (tertiary/aromatic N) is 2. The average Bonchev–Trinajstić information content (AvgIpc) is 3.39. The Labute approximate surface area is 224 Å². The van der Waals surface area contributed by atoms with Crippen molar-refractivity contribution in [2.75, 3.05) is 34.5 Å². The molecule has 0 spiro atoms. The number of benzene rings is 3. The molecule has 0 saturated heterocycles. The van der Waals surface area contributed by atoms with E-state index in [1.54, 1.807) is 72.8 Å². The van der Waals surface area contributed by atoms with Crippen molar-refractivity contribution in [3.63, 3.8) is 0 Å². The fourth-order valence-corrected chi connectivity index (χ4v) is 3.82. The van der Waals surface area contributed by atoms with Gasteiger partial charge in [0.15, 0.2) is 5.69 Å². The molecule has 0 unspecified atom stereocenters. The minimum atomic E-state index is -0.727. The molecule has 0 aliphatic rings. The third-order valence-corrected chi connectivity index (χ3v) is 5.66. The summed E-state index contributed by atoms with van der Waals surface area (Å²) < 4.78 is 27.4. The van der Waals surface area contributed by atoms with Gasteiger partial charge >= 0.3 is 17.9 Å². The first-order chi connectivity index (χ1) is 19.0. The van der Waals surface area contributed by atoms with Gasteiger partial charge in [0.2, 0.25) is 0 Å². The van der Waals surface area contributed by atoms with Crippen LogP contribution in [-0.4, -0.2) is 62.2 Å².